The van der Waals surface area contributed by atoms with Crippen LogP contribution in [-0.2, 0) is 11.3 Å². The molecule has 2 N–H and O–H groups in total. The van der Waals surface area contributed by atoms with Crippen molar-refractivity contribution in [2.45, 2.75) is 25.8 Å². The lowest BCUT2D eigenvalue weighted by Crippen LogP contribution is -2.37. The van der Waals surface area contributed by atoms with Gasteiger partial charge < -0.3 is 15.5 Å². The Morgan fingerprint density at radius 2 is 1.81 bits per heavy atom. The van der Waals surface area contributed by atoms with Crippen LogP contribution in [0.5, 0.6) is 0 Å². The number of hydrogen-bond donors (Lipinski definition) is 2. The normalized spacial score (nSPS) is 13.9. The highest BCUT2D eigenvalue weighted by Gasteiger charge is 2.16. The van der Waals surface area contributed by atoms with Crippen molar-refractivity contribution in [3.05, 3.63) is 57.3 Å². The highest BCUT2D eigenvalue weighted by atomic mass is 127. The van der Waals surface area contributed by atoms with Gasteiger partial charge in [0.05, 0.1) is 12.1 Å². The van der Waals surface area contributed by atoms with Crippen LogP contribution in [0.4, 0.5) is 5.82 Å². The van der Waals surface area contributed by atoms with E-state index in [9.17, 15) is 9.59 Å². The van der Waals surface area contributed by atoms with Crippen molar-refractivity contribution < 1.29 is 9.59 Å². The van der Waals surface area contributed by atoms with Crippen molar-refractivity contribution in [2.75, 3.05) is 24.5 Å². The van der Waals surface area contributed by atoms with E-state index in [1.165, 1.54) is 19.3 Å². The Labute approximate surface area is 172 Å². The van der Waals surface area contributed by atoms with Crippen LogP contribution < -0.4 is 15.5 Å². The minimum Gasteiger partial charge on any atom is -0.356 e. The third-order valence-corrected chi connectivity index (χ3v) is 5.47. The maximum atomic E-state index is 12.2. The van der Waals surface area contributed by atoms with Gasteiger partial charge in [-0.1, -0.05) is 18.2 Å². The molecule has 0 aliphatic carbocycles. The van der Waals surface area contributed by atoms with Crippen LogP contribution in [0.15, 0.2) is 42.6 Å². The van der Waals surface area contributed by atoms with Gasteiger partial charge in [0.1, 0.15) is 5.82 Å². The Bertz CT molecular complexity index is 806. The molecule has 3 rings (SSSR count). The van der Waals surface area contributed by atoms with Crippen molar-refractivity contribution >= 4 is 40.2 Å². The number of aromatic nitrogens is 1. The fourth-order valence-electron chi connectivity index (χ4n) is 3.12. The first kappa shape index (κ1) is 19.6. The first-order valence-electron chi connectivity index (χ1n) is 9.13. The molecule has 142 valence electrons. The molecule has 1 aliphatic rings. The van der Waals surface area contributed by atoms with Gasteiger partial charge in [0.15, 0.2) is 0 Å². The van der Waals surface area contributed by atoms with Crippen molar-refractivity contribution in [3.8, 4) is 0 Å². The number of carbonyl (C=O) groups is 2. The van der Waals surface area contributed by atoms with Gasteiger partial charge >= 0.3 is 0 Å². The summed E-state index contributed by atoms with van der Waals surface area (Å²) in [5, 5.41) is 5.55. The summed E-state index contributed by atoms with van der Waals surface area (Å²) in [4.78, 5) is 31.1. The van der Waals surface area contributed by atoms with E-state index >= 15 is 0 Å². The second-order valence-electron chi connectivity index (χ2n) is 6.47. The van der Waals surface area contributed by atoms with E-state index in [0.29, 0.717) is 12.1 Å². The summed E-state index contributed by atoms with van der Waals surface area (Å²) < 4.78 is 0.856. The second kappa shape index (κ2) is 9.68. The summed E-state index contributed by atoms with van der Waals surface area (Å²) in [5.41, 5.74) is 1.57. The molecule has 0 atom stereocenters. The van der Waals surface area contributed by atoms with Gasteiger partial charge in [-0.3, -0.25) is 9.59 Å². The van der Waals surface area contributed by atoms with Crippen LogP contribution in [0.1, 0.15) is 35.2 Å². The van der Waals surface area contributed by atoms with E-state index in [2.05, 4.69) is 43.1 Å². The number of nitrogens with zero attached hydrogens (tertiary/aromatic N) is 2. The Kier molecular flexibility index (Phi) is 7.03. The van der Waals surface area contributed by atoms with E-state index in [4.69, 9.17) is 0 Å². The number of carbonyl (C=O) groups excluding carboxylic acids is 2. The monoisotopic (exact) mass is 478 g/mol. The van der Waals surface area contributed by atoms with Gasteiger partial charge in [0.2, 0.25) is 5.91 Å². The zero-order chi connectivity index (χ0) is 19.1. The summed E-state index contributed by atoms with van der Waals surface area (Å²) in [6.07, 6.45) is 5.39. The molecule has 2 aromatic rings. The van der Waals surface area contributed by atoms with Crippen LogP contribution in [0.25, 0.3) is 0 Å². The summed E-state index contributed by atoms with van der Waals surface area (Å²) in [5.74, 6) is 0.480. The summed E-state index contributed by atoms with van der Waals surface area (Å²) >= 11 is 2.11. The van der Waals surface area contributed by atoms with Crippen molar-refractivity contribution in [1.29, 1.82) is 0 Å². The third-order valence-electron chi connectivity index (χ3n) is 4.53. The number of benzene rings is 1. The number of hydrogen-bond acceptors (Lipinski definition) is 4. The zero-order valence-corrected chi connectivity index (χ0v) is 17.2. The maximum absolute atomic E-state index is 12.2. The molecule has 1 fully saturated rings. The third kappa shape index (κ3) is 5.41. The molecule has 1 aliphatic heterocycles. The first-order valence-corrected chi connectivity index (χ1v) is 10.2. The quantitative estimate of drug-likeness (QED) is 0.627. The second-order valence-corrected chi connectivity index (χ2v) is 7.64. The molecule has 7 heteroatoms. The zero-order valence-electron chi connectivity index (χ0n) is 15.1. The number of amides is 2. The number of piperidine rings is 1. The van der Waals surface area contributed by atoms with Crippen molar-refractivity contribution in [1.82, 2.24) is 15.6 Å². The fraction of sp³-hybridized carbons (Fsp3) is 0.350. The molecule has 1 saturated heterocycles. The van der Waals surface area contributed by atoms with Gasteiger partial charge in [-0.15, -0.1) is 0 Å². The minimum absolute atomic E-state index is 0.0525. The Balaban J connectivity index is 1.52. The average molecular weight is 478 g/mol. The van der Waals surface area contributed by atoms with E-state index in [-0.39, 0.29) is 18.4 Å². The highest BCUT2D eigenvalue weighted by Crippen LogP contribution is 2.21. The molecule has 27 heavy (non-hydrogen) atoms. The molecule has 1 aromatic heterocycles. The Hall–Kier alpha value is -2.16. The van der Waals surface area contributed by atoms with Crippen LogP contribution >= 0.6 is 22.6 Å². The smallest absolute Gasteiger partial charge is 0.252 e. The topological polar surface area (TPSA) is 74.3 Å². The van der Waals surface area contributed by atoms with Crippen LogP contribution in [0.2, 0.25) is 0 Å². The van der Waals surface area contributed by atoms with Gasteiger partial charge in [-0.25, -0.2) is 4.98 Å². The molecular formula is C20H23IN4O2. The summed E-state index contributed by atoms with van der Waals surface area (Å²) in [6, 6.07) is 11.2. The standard InChI is InChI=1S/C20H23IN4O2/c21-17-9-3-2-8-16(17)20(27)24-14-18(26)23-13-15-7-6-10-22-19(15)25-11-4-1-5-12-25/h2-3,6-10H,1,4-5,11-14H2,(H,23,26)(H,24,27). The predicted molar refractivity (Wildman–Crippen MR) is 114 cm³/mol. The highest BCUT2D eigenvalue weighted by molar-refractivity contribution is 14.1. The average Bonchev–Trinajstić information content (AvgIpc) is 2.71. The minimum atomic E-state index is -0.245. The Morgan fingerprint density at radius 3 is 2.59 bits per heavy atom. The summed E-state index contributed by atoms with van der Waals surface area (Å²) in [6.45, 7) is 2.35. The first-order chi connectivity index (χ1) is 13.1. The summed E-state index contributed by atoms with van der Waals surface area (Å²) in [7, 11) is 0. The number of rotatable bonds is 6. The molecule has 2 amide bonds. The fourth-order valence-corrected chi connectivity index (χ4v) is 3.75. The number of anilines is 1. The van der Waals surface area contributed by atoms with E-state index in [0.717, 1.165) is 28.0 Å². The van der Waals surface area contributed by atoms with Crippen LogP contribution in [-0.4, -0.2) is 36.4 Å². The molecule has 1 aromatic carbocycles. The molecule has 0 bridgehead atoms. The molecule has 6 nitrogen and oxygen atoms in total. The predicted octanol–water partition coefficient (Wildman–Crippen LogP) is 2.72. The molecule has 0 saturated carbocycles. The number of nitrogens with one attached hydrogen (secondary N) is 2. The van der Waals surface area contributed by atoms with Gasteiger partial charge in [-0.2, -0.15) is 0 Å². The molecular weight excluding hydrogens is 455 g/mol. The van der Waals surface area contributed by atoms with Crippen molar-refractivity contribution in [2.24, 2.45) is 0 Å². The van der Waals surface area contributed by atoms with Crippen molar-refractivity contribution in [3.63, 3.8) is 0 Å². The van der Waals surface area contributed by atoms with E-state index < -0.39 is 0 Å². The Morgan fingerprint density at radius 1 is 1.04 bits per heavy atom. The van der Waals surface area contributed by atoms with E-state index in [1.807, 2.05) is 30.3 Å². The molecule has 0 unspecified atom stereocenters. The lowest BCUT2D eigenvalue weighted by molar-refractivity contribution is -0.120. The van der Waals surface area contributed by atoms with E-state index in [1.54, 1.807) is 12.3 Å². The molecule has 0 radical (unpaired) electrons. The lowest BCUT2D eigenvalue weighted by atomic mass is 10.1. The van der Waals surface area contributed by atoms with Gasteiger partial charge in [-0.05, 0) is 60.1 Å². The van der Waals surface area contributed by atoms with Crippen LogP contribution in [0.3, 0.4) is 0 Å². The number of halogens is 1. The molecule has 0 spiro atoms. The number of pyridine rings is 1. The molecule has 2 heterocycles. The lowest BCUT2D eigenvalue weighted by Gasteiger charge is -2.29. The van der Waals surface area contributed by atoms with Gasteiger partial charge in [0.25, 0.3) is 5.91 Å². The SMILES string of the molecule is O=C(CNC(=O)c1ccccc1I)NCc1cccnc1N1CCCCC1. The maximum Gasteiger partial charge on any atom is 0.252 e. The largest absolute Gasteiger partial charge is 0.356 e. The van der Waals surface area contributed by atoms with Gasteiger partial charge in [0, 0.05) is 35.0 Å². The van der Waals surface area contributed by atoms with Crippen LogP contribution in [0, 0.1) is 3.57 Å².